The second kappa shape index (κ2) is 14.9. The number of carbonyl (C=O) groups is 3. The van der Waals surface area contributed by atoms with Gasteiger partial charge in [-0.3, -0.25) is 19.8 Å². The van der Waals surface area contributed by atoms with Crippen molar-refractivity contribution in [3.8, 4) is 0 Å². The first kappa shape index (κ1) is 32.6. The Kier molecular flexibility index (Phi) is 11.3. The van der Waals surface area contributed by atoms with Crippen LogP contribution in [0.4, 0.5) is 23.7 Å². The van der Waals surface area contributed by atoms with Crippen LogP contribution in [0.1, 0.15) is 47.2 Å². The third-order valence-electron chi connectivity index (χ3n) is 7.53. The van der Waals surface area contributed by atoms with Gasteiger partial charge in [0, 0.05) is 30.1 Å². The zero-order valence-corrected chi connectivity index (χ0v) is 24.7. The van der Waals surface area contributed by atoms with E-state index in [0.717, 1.165) is 48.3 Å². The van der Waals surface area contributed by atoms with Crippen LogP contribution >= 0.6 is 11.8 Å². The average molecular weight is 623 g/mol. The summed E-state index contributed by atoms with van der Waals surface area (Å²) in [6, 6.07) is 9.55. The number of nitrogens with zero attached hydrogens (tertiary/aromatic N) is 1. The van der Waals surface area contributed by atoms with Crippen LogP contribution in [0.25, 0.3) is 0 Å². The molecule has 1 saturated heterocycles. The van der Waals surface area contributed by atoms with Gasteiger partial charge in [0.15, 0.2) is 0 Å². The van der Waals surface area contributed by atoms with E-state index in [2.05, 4.69) is 45.5 Å². The third kappa shape index (κ3) is 8.85. The number of alkyl halides is 3. The molecule has 10 nitrogen and oxygen atoms in total. The highest BCUT2D eigenvalue weighted by Crippen LogP contribution is 2.33. The maximum absolute atomic E-state index is 13.6. The fraction of sp³-hybridized carbons (Fsp3) is 0.483. The normalized spacial score (nSPS) is 20.7. The van der Waals surface area contributed by atoms with Crippen molar-refractivity contribution < 1.29 is 32.3 Å². The molecule has 43 heavy (non-hydrogen) atoms. The van der Waals surface area contributed by atoms with Gasteiger partial charge in [0.2, 0.25) is 5.91 Å². The molecule has 4 rings (SSSR count). The second-order valence-corrected chi connectivity index (χ2v) is 11.3. The summed E-state index contributed by atoms with van der Waals surface area (Å²) in [7, 11) is 0. The smallest absolute Gasteiger partial charge is 0.377 e. The molecule has 0 bridgehead atoms. The summed E-state index contributed by atoms with van der Waals surface area (Å²) in [5.74, 6) is -1.43. The van der Waals surface area contributed by atoms with Crippen molar-refractivity contribution in [1.29, 1.82) is 0 Å². The molecular formula is C29H37F3N6O4S. The molecule has 2 aliphatic rings. The van der Waals surface area contributed by atoms with E-state index in [1.165, 1.54) is 4.90 Å². The number of nitrogens with two attached hydrogens (primary N) is 1. The van der Waals surface area contributed by atoms with Crippen molar-refractivity contribution in [2.75, 3.05) is 37.5 Å². The lowest BCUT2D eigenvalue weighted by Gasteiger charge is -2.34. The fourth-order valence-corrected chi connectivity index (χ4v) is 5.72. The number of morpholine rings is 1. The van der Waals surface area contributed by atoms with Crippen LogP contribution in [0.5, 0.6) is 0 Å². The Morgan fingerprint density at radius 2 is 1.81 bits per heavy atom. The van der Waals surface area contributed by atoms with E-state index >= 15 is 0 Å². The van der Waals surface area contributed by atoms with Crippen LogP contribution < -0.4 is 31.9 Å². The number of ether oxygens (including phenoxy) is 1. The van der Waals surface area contributed by atoms with E-state index < -0.39 is 47.9 Å². The number of nitrogens with one attached hydrogen (secondary N) is 4. The number of hydrogen-bond donors (Lipinski definition) is 5. The van der Waals surface area contributed by atoms with Crippen LogP contribution in [-0.4, -0.2) is 68.7 Å². The molecule has 1 heterocycles. The summed E-state index contributed by atoms with van der Waals surface area (Å²) in [4.78, 5) is 40.6. The van der Waals surface area contributed by atoms with Crippen molar-refractivity contribution in [2.45, 2.75) is 61.5 Å². The number of hydrogen-bond acceptors (Lipinski definition) is 7. The average Bonchev–Trinajstić information content (AvgIpc) is 3.00. The first-order chi connectivity index (χ1) is 20.6. The fourth-order valence-electron chi connectivity index (χ4n) is 5.32. The first-order valence-electron chi connectivity index (χ1n) is 14.1. The van der Waals surface area contributed by atoms with Gasteiger partial charge in [0.1, 0.15) is 6.17 Å². The minimum Gasteiger partial charge on any atom is -0.377 e. The lowest BCUT2D eigenvalue weighted by atomic mass is 9.90. The molecule has 1 aliphatic carbocycles. The molecule has 0 spiro atoms. The monoisotopic (exact) mass is 622 g/mol. The molecule has 2 aromatic rings. The topological polar surface area (TPSA) is 138 Å². The molecule has 2 fully saturated rings. The minimum absolute atomic E-state index is 0.0210. The lowest BCUT2D eigenvalue weighted by molar-refractivity contribution is -0.137. The number of rotatable bonds is 10. The number of primary amides is 1. The summed E-state index contributed by atoms with van der Waals surface area (Å²) < 4.78 is 46.0. The van der Waals surface area contributed by atoms with Crippen LogP contribution in [0.15, 0.2) is 47.4 Å². The van der Waals surface area contributed by atoms with Gasteiger partial charge in [-0.15, -0.1) is 11.8 Å². The van der Waals surface area contributed by atoms with Crippen molar-refractivity contribution in [3.05, 3.63) is 59.2 Å². The largest absolute Gasteiger partial charge is 0.416 e. The minimum atomic E-state index is -4.74. The molecule has 0 radical (unpaired) electrons. The Balaban J connectivity index is 1.42. The molecule has 0 aromatic heterocycles. The first-order valence-corrected chi connectivity index (χ1v) is 15.3. The van der Waals surface area contributed by atoms with Gasteiger partial charge in [0.05, 0.1) is 36.6 Å². The maximum atomic E-state index is 13.6. The van der Waals surface area contributed by atoms with Gasteiger partial charge >= 0.3 is 12.2 Å². The Morgan fingerprint density at radius 1 is 1.09 bits per heavy atom. The predicted molar refractivity (Wildman–Crippen MR) is 158 cm³/mol. The van der Waals surface area contributed by atoms with Gasteiger partial charge < -0.3 is 26.4 Å². The highest BCUT2D eigenvalue weighted by molar-refractivity contribution is 7.98. The number of carbonyl (C=O) groups excluding carboxylic acids is 3. The van der Waals surface area contributed by atoms with Crippen LogP contribution in [0.3, 0.4) is 0 Å². The van der Waals surface area contributed by atoms with E-state index in [1.54, 1.807) is 11.8 Å². The Labute approximate surface area is 252 Å². The molecule has 14 heteroatoms. The van der Waals surface area contributed by atoms with Crippen LogP contribution in [0.2, 0.25) is 0 Å². The highest BCUT2D eigenvalue weighted by Gasteiger charge is 2.35. The van der Waals surface area contributed by atoms with Gasteiger partial charge in [-0.1, -0.05) is 25.0 Å². The summed E-state index contributed by atoms with van der Waals surface area (Å²) in [5, 5.41) is 11.9. The Bertz CT molecular complexity index is 1270. The van der Waals surface area contributed by atoms with E-state index in [0.29, 0.717) is 25.8 Å². The van der Waals surface area contributed by atoms with Crippen LogP contribution in [0, 0.1) is 0 Å². The molecule has 2 aromatic carbocycles. The van der Waals surface area contributed by atoms with Gasteiger partial charge in [-0.25, -0.2) is 4.79 Å². The number of benzene rings is 2. The molecule has 6 N–H and O–H groups in total. The Hall–Kier alpha value is -3.33. The molecular weight excluding hydrogens is 585 g/mol. The molecule has 3 unspecified atom stereocenters. The number of anilines is 1. The zero-order valence-electron chi connectivity index (χ0n) is 23.8. The summed E-state index contributed by atoms with van der Waals surface area (Å²) in [6.07, 6.45) is 0.0605. The standard InChI is InChI=1S/C29H37F3N6O4S/c1-43-20-9-6-18(7-10-20)15-35-22-4-2-3-5-23(22)37-26(39)16-36-27(40)21-14-19(29(30,31)32)8-11-24(21)38(28(33)41)25-17-42-13-12-34-25/h6-11,14,22-23,25,34-35H,2-5,12-13,15-17H2,1H3,(H2,33,41)(H,36,40)(H,37,39). The third-order valence-corrected chi connectivity index (χ3v) is 8.27. The molecule has 1 saturated carbocycles. The van der Waals surface area contributed by atoms with Gasteiger partial charge in [0.25, 0.3) is 5.91 Å². The number of urea groups is 1. The molecule has 4 amide bonds. The van der Waals surface area contributed by atoms with E-state index in [1.807, 2.05) is 6.26 Å². The number of amides is 4. The lowest BCUT2D eigenvalue weighted by Crippen LogP contribution is -2.57. The zero-order chi connectivity index (χ0) is 31.0. The van der Waals surface area contributed by atoms with Crippen molar-refractivity contribution in [1.82, 2.24) is 21.3 Å². The van der Waals surface area contributed by atoms with Crippen molar-refractivity contribution in [3.63, 3.8) is 0 Å². The number of thioether (sulfide) groups is 1. The summed E-state index contributed by atoms with van der Waals surface area (Å²) >= 11 is 1.67. The van der Waals surface area contributed by atoms with E-state index in [-0.39, 0.29) is 24.4 Å². The van der Waals surface area contributed by atoms with E-state index in [9.17, 15) is 27.6 Å². The van der Waals surface area contributed by atoms with E-state index in [4.69, 9.17) is 10.5 Å². The predicted octanol–water partition coefficient (Wildman–Crippen LogP) is 3.21. The summed E-state index contributed by atoms with van der Waals surface area (Å²) in [6.45, 7) is 0.944. The molecule has 1 aliphatic heterocycles. The maximum Gasteiger partial charge on any atom is 0.416 e. The van der Waals surface area contributed by atoms with Gasteiger partial charge in [-0.05, 0) is 55.0 Å². The SMILES string of the molecule is CSc1ccc(CNC2CCCCC2NC(=O)CNC(=O)c2cc(C(F)(F)F)ccc2N(C(N)=O)C2COCCN2)cc1. The Morgan fingerprint density at radius 3 is 2.44 bits per heavy atom. The van der Waals surface area contributed by atoms with Crippen LogP contribution in [-0.2, 0) is 22.3 Å². The molecule has 3 atom stereocenters. The van der Waals surface area contributed by atoms with Gasteiger partial charge in [-0.2, -0.15) is 13.2 Å². The molecule has 234 valence electrons. The highest BCUT2D eigenvalue weighted by atomic mass is 32.2. The number of halogens is 3. The van der Waals surface area contributed by atoms with Crippen molar-refractivity contribution in [2.24, 2.45) is 5.73 Å². The second-order valence-electron chi connectivity index (χ2n) is 10.5. The summed E-state index contributed by atoms with van der Waals surface area (Å²) in [5.41, 5.74) is 5.03. The van der Waals surface area contributed by atoms with Crippen molar-refractivity contribution >= 4 is 35.3 Å². The quantitative estimate of drug-likeness (QED) is 0.257.